The SMILES string of the molecule is CC(C)(C)c1ccccc1[N+]#N. The maximum absolute atomic E-state index is 8.71. The third kappa shape index (κ3) is 1.62. The number of diazo groups is 1. The lowest BCUT2D eigenvalue weighted by Crippen LogP contribution is -2.10. The molecule has 0 bridgehead atoms. The molecule has 2 heteroatoms. The molecular formula is C10H13N2+. The molecule has 0 heterocycles. The zero-order chi connectivity index (χ0) is 9.19. The highest BCUT2D eigenvalue weighted by Gasteiger charge is 2.23. The van der Waals surface area contributed by atoms with E-state index in [4.69, 9.17) is 5.39 Å². The first-order valence-corrected chi connectivity index (χ1v) is 4.00. The van der Waals surface area contributed by atoms with E-state index >= 15 is 0 Å². The summed E-state index contributed by atoms with van der Waals surface area (Å²) in [6, 6.07) is 7.61. The zero-order valence-electron chi connectivity index (χ0n) is 7.70. The monoisotopic (exact) mass is 161 g/mol. The third-order valence-electron chi connectivity index (χ3n) is 1.82. The second-order valence-electron chi connectivity index (χ2n) is 3.87. The molecule has 0 saturated heterocycles. The van der Waals surface area contributed by atoms with Gasteiger partial charge in [-0.1, -0.05) is 39.0 Å². The number of nitrogens with zero attached hydrogens (tertiary/aromatic N) is 2. The van der Waals surface area contributed by atoms with Crippen LogP contribution in [0.25, 0.3) is 4.98 Å². The van der Waals surface area contributed by atoms with E-state index in [-0.39, 0.29) is 5.41 Å². The van der Waals surface area contributed by atoms with Crippen LogP contribution in [0.5, 0.6) is 0 Å². The van der Waals surface area contributed by atoms with E-state index in [1.165, 1.54) is 0 Å². The molecule has 0 saturated carbocycles. The molecule has 0 aromatic heterocycles. The fourth-order valence-electron chi connectivity index (χ4n) is 1.20. The van der Waals surface area contributed by atoms with Crippen LogP contribution in [0.15, 0.2) is 24.3 Å². The van der Waals surface area contributed by atoms with Gasteiger partial charge in [-0.25, -0.2) is 0 Å². The van der Waals surface area contributed by atoms with Crippen LogP contribution in [0.4, 0.5) is 5.69 Å². The Labute approximate surface area is 72.9 Å². The molecule has 0 aliphatic carbocycles. The maximum Gasteiger partial charge on any atom is 0.388 e. The Kier molecular flexibility index (Phi) is 2.14. The highest BCUT2D eigenvalue weighted by atomic mass is 14.9. The van der Waals surface area contributed by atoms with Gasteiger partial charge in [-0.15, -0.1) is 0 Å². The molecule has 0 radical (unpaired) electrons. The van der Waals surface area contributed by atoms with Crippen LogP contribution in [0.2, 0.25) is 0 Å². The minimum Gasteiger partial charge on any atom is -0.0614 e. The summed E-state index contributed by atoms with van der Waals surface area (Å²) < 4.78 is 0. The van der Waals surface area contributed by atoms with E-state index in [1.807, 2.05) is 18.2 Å². The summed E-state index contributed by atoms with van der Waals surface area (Å²) in [5.74, 6) is 0. The summed E-state index contributed by atoms with van der Waals surface area (Å²) in [5, 5.41) is 8.71. The van der Waals surface area contributed by atoms with Gasteiger partial charge in [-0.3, -0.25) is 0 Å². The Bertz CT molecular complexity index is 315. The van der Waals surface area contributed by atoms with Gasteiger partial charge in [0.05, 0.1) is 5.56 Å². The minimum atomic E-state index is 0.0306. The quantitative estimate of drug-likeness (QED) is 0.535. The first kappa shape index (κ1) is 8.73. The van der Waals surface area contributed by atoms with Gasteiger partial charge in [-0.05, 0) is 5.41 Å². The second kappa shape index (κ2) is 2.94. The molecule has 1 aromatic carbocycles. The van der Waals surface area contributed by atoms with Gasteiger partial charge in [0.25, 0.3) is 0 Å². The molecule has 0 unspecified atom stereocenters. The Hall–Kier alpha value is -1.36. The van der Waals surface area contributed by atoms with E-state index < -0.39 is 0 Å². The molecule has 0 aliphatic rings. The van der Waals surface area contributed by atoms with Crippen molar-refractivity contribution in [3.8, 4) is 0 Å². The van der Waals surface area contributed by atoms with Gasteiger partial charge in [0.2, 0.25) is 5.39 Å². The van der Waals surface area contributed by atoms with Crippen LogP contribution in [-0.4, -0.2) is 0 Å². The molecule has 0 fully saturated rings. The van der Waals surface area contributed by atoms with Gasteiger partial charge in [0.1, 0.15) is 0 Å². The predicted molar refractivity (Wildman–Crippen MR) is 49.9 cm³/mol. The lowest BCUT2D eigenvalue weighted by atomic mass is 9.86. The molecule has 62 valence electrons. The van der Waals surface area contributed by atoms with E-state index in [9.17, 15) is 0 Å². The normalized spacial score (nSPS) is 10.8. The summed E-state index contributed by atoms with van der Waals surface area (Å²) in [7, 11) is 0. The fraction of sp³-hybridized carbons (Fsp3) is 0.400. The van der Waals surface area contributed by atoms with Crippen molar-refractivity contribution in [2.75, 3.05) is 0 Å². The fourth-order valence-corrected chi connectivity index (χ4v) is 1.20. The Morgan fingerprint density at radius 1 is 1.17 bits per heavy atom. The van der Waals surface area contributed by atoms with E-state index in [2.05, 4.69) is 25.7 Å². The molecule has 1 rings (SSSR count). The second-order valence-corrected chi connectivity index (χ2v) is 3.87. The van der Waals surface area contributed by atoms with Crippen molar-refractivity contribution >= 4 is 5.69 Å². The zero-order valence-corrected chi connectivity index (χ0v) is 7.70. The Morgan fingerprint density at radius 3 is 2.17 bits per heavy atom. The summed E-state index contributed by atoms with van der Waals surface area (Å²) in [6.07, 6.45) is 0. The van der Waals surface area contributed by atoms with Gasteiger partial charge >= 0.3 is 5.69 Å². The standard InChI is InChI=1S/C10H13N2/c1-10(2,3)8-6-4-5-7-9(8)12-11/h4-7H,1-3H3/q+1. The van der Waals surface area contributed by atoms with Crippen molar-refractivity contribution < 1.29 is 0 Å². The Morgan fingerprint density at radius 2 is 1.75 bits per heavy atom. The van der Waals surface area contributed by atoms with Crippen molar-refractivity contribution in [1.82, 2.24) is 0 Å². The summed E-state index contributed by atoms with van der Waals surface area (Å²) >= 11 is 0. The topological polar surface area (TPSA) is 28.1 Å². The van der Waals surface area contributed by atoms with Crippen LogP contribution < -0.4 is 0 Å². The van der Waals surface area contributed by atoms with Gasteiger partial charge in [0.15, 0.2) is 4.98 Å². The van der Waals surface area contributed by atoms with E-state index in [1.54, 1.807) is 6.07 Å². The molecule has 0 spiro atoms. The first-order chi connectivity index (χ1) is 5.55. The van der Waals surface area contributed by atoms with Crippen LogP contribution in [0, 0.1) is 5.39 Å². The average Bonchev–Trinajstić information content (AvgIpc) is 2.03. The molecule has 0 aliphatic heterocycles. The Balaban J connectivity index is 3.26. The number of benzene rings is 1. The summed E-state index contributed by atoms with van der Waals surface area (Å²) in [6.45, 7) is 6.28. The van der Waals surface area contributed by atoms with Gasteiger partial charge < -0.3 is 0 Å². The average molecular weight is 161 g/mol. The molecule has 2 nitrogen and oxygen atoms in total. The van der Waals surface area contributed by atoms with Crippen molar-refractivity contribution in [3.63, 3.8) is 0 Å². The largest absolute Gasteiger partial charge is 0.388 e. The lowest BCUT2D eigenvalue weighted by molar-refractivity contribution is 0.593. The minimum absolute atomic E-state index is 0.0306. The maximum atomic E-state index is 8.71. The molecule has 0 N–H and O–H groups in total. The number of rotatable bonds is 0. The highest BCUT2D eigenvalue weighted by molar-refractivity contribution is 5.54. The predicted octanol–water partition coefficient (Wildman–Crippen LogP) is 3.47. The molecule has 1 aromatic rings. The first-order valence-electron chi connectivity index (χ1n) is 4.00. The van der Waals surface area contributed by atoms with Crippen molar-refractivity contribution in [2.24, 2.45) is 0 Å². The lowest BCUT2D eigenvalue weighted by Gasteiger charge is -2.15. The molecule has 12 heavy (non-hydrogen) atoms. The van der Waals surface area contributed by atoms with Crippen molar-refractivity contribution in [2.45, 2.75) is 26.2 Å². The summed E-state index contributed by atoms with van der Waals surface area (Å²) in [5.41, 5.74) is 1.75. The van der Waals surface area contributed by atoms with Crippen molar-refractivity contribution in [3.05, 3.63) is 34.8 Å². The van der Waals surface area contributed by atoms with E-state index in [0.717, 1.165) is 5.56 Å². The number of hydrogen-bond acceptors (Lipinski definition) is 1. The molecule has 0 amide bonds. The van der Waals surface area contributed by atoms with Crippen LogP contribution >= 0.6 is 0 Å². The molecular weight excluding hydrogens is 148 g/mol. The smallest absolute Gasteiger partial charge is 0.0614 e. The highest BCUT2D eigenvalue weighted by Crippen LogP contribution is 2.30. The molecule has 0 atom stereocenters. The summed E-state index contributed by atoms with van der Waals surface area (Å²) in [4.78, 5) is 3.24. The van der Waals surface area contributed by atoms with Gasteiger partial charge in [-0.2, -0.15) is 0 Å². The van der Waals surface area contributed by atoms with E-state index in [0.29, 0.717) is 5.69 Å². The van der Waals surface area contributed by atoms with Gasteiger partial charge in [0, 0.05) is 6.07 Å². The third-order valence-corrected chi connectivity index (χ3v) is 1.82. The van der Waals surface area contributed by atoms with Crippen LogP contribution in [0.3, 0.4) is 0 Å². The van der Waals surface area contributed by atoms with Crippen LogP contribution in [0.1, 0.15) is 26.3 Å². The van der Waals surface area contributed by atoms with Crippen molar-refractivity contribution in [1.29, 1.82) is 5.39 Å². The number of hydrogen-bond donors (Lipinski definition) is 0. The van der Waals surface area contributed by atoms with Crippen LogP contribution in [-0.2, 0) is 5.41 Å².